The van der Waals surface area contributed by atoms with E-state index < -0.39 is 11.9 Å². The van der Waals surface area contributed by atoms with Gasteiger partial charge in [0.25, 0.3) is 0 Å². The molecule has 0 fully saturated rings. The highest BCUT2D eigenvalue weighted by atomic mass is 16.5. The SMILES string of the molecule is CCCCC(=O)Oc1ccc(OC(=O)C=Cc2ccc(C(=O)OCCCCCCCCCCCOC(=O)c3cc(N)cc(N)c3)cc2)cc1. The number of rotatable bonds is 21. The molecule has 0 spiro atoms. The Morgan fingerprint density at radius 1 is 0.592 bits per heavy atom. The molecule has 3 aromatic carbocycles. The van der Waals surface area contributed by atoms with E-state index in [0.717, 1.165) is 76.2 Å². The van der Waals surface area contributed by atoms with Crippen LogP contribution in [-0.4, -0.2) is 37.1 Å². The van der Waals surface area contributed by atoms with Crippen molar-refractivity contribution in [2.75, 3.05) is 24.7 Å². The number of unbranched alkanes of at least 4 members (excludes halogenated alkanes) is 9. The third-order valence-corrected chi connectivity index (χ3v) is 7.53. The van der Waals surface area contributed by atoms with Crippen molar-refractivity contribution in [3.05, 3.63) is 89.5 Å². The molecule has 4 N–H and O–H groups in total. The molecule has 0 aromatic heterocycles. The maximum atomic E-state index is 12.4. The fraction of sp³-hybridized carbons (Fsp3) is 0.385. The maximum absolute atomic E-state index is 12.4. The van der Waals surface area contributed by atoms with E-state index in [1.807, 2.05) is 6.92 Å². The molecule has 0 atom stereocenters. The van der Waals surface area contributed by atoms with E-state index in [1.54, 1.807) is 72.8 Å². The molecule has 0 aliphatic carbocycles. The van der Waals surface area contributed by atoms with Crippen LogP contribution in [-0.2, 0) is 19.1 Å². The topological polar surface area (TPSA) is 157 Å². The van der Waals surface area contributed by atoms with Gasteiger partial charge >= 0.3 is 23.9 Å². The molecule has 0 radical (unpaired) electrons. The molecule has 0 saturated carbocycles. The third kappa shape index (κ3) is 15.6. The molecule has 3 rings (SSSR count). The molecule has 10 heteroatoms. The van der Waals surface area contributed by atoms with Crippen LogP contribution < -0.4 is 20.9 Å². The van der Waals surface area contributed by atoms with E-state index >= 15 is 0 Å². The predicted molar refractivity (Wildman–Crippen MR) is 190 cm³/mol. The van der Waals surface area contributed by atoms with Gasteiger partial charge in [-0.15, -0.1) is 0 Å². The fourth-order valence-electron chi connectivity index (χ4n) is 4.86. The summed E-state index contributed by atoms with van der Waals surface area (Å²) in [5, 5.41) is 0. The molecule has 49 heavy (non-hydrogen) atoms. The van der Waals surface area contributed by atoms with E-state index in [0.29, 0.717) is 53.6 Å². The molecule has 3 aromatic rings. The summed E-state index contributed by atoms with van der Waals surface area (Å²) in [6.45, 7) is 2.75. The first-order valence-electron chi connectivity index (χ1n) is 17.0. The second kappa shape index (κ2) is 21.7. The second-order valence-corrected chi connectivity index (χ2v) is 11.8. The lowest BCUT2D eigenvalue weighted by Gasteiger charge is -2.07. The van der Waals surface area contributed by atoms with Crippen LogP contribution in [0.4, 0.5) is 11.4 Å². The van der Waals surface area contributed by atoms with Crippen molar-refractivity contribution < 1.29 is 38.1 Å². The molecule has 0 saturated heterocycles. The number of hydrogen-bond acceptors (Lipinski definition) is 10. The number of carbonyl (C=O) groups excluding carboxylic acids is 4. The highest BCUT2D eigenvalue weighted by Gasteiger charge is 2.10. The van der Waals surface area contributed by atoms with Gasteiger partial charge < -0.3 is 30.4 Å². The van der Waals surface area contributed by atoms with E-state index in [1.165, 1.54) is 6.08 Å². The van der Waals surface area contributed by atoms with Crippen molar-refractivity contribution in [2.45, 2.75) is 84.0 Å². The summed E-state index contributed by atoms with van der Waals surface area (Å²) in [4.78, 5) is 48.4. The van der Waals surface area contributed by atoms with E-state index in [9.17, 15) is 19.2 Å². The minimum absolute atomic E-state index is 0.293. The normalized spacial score (nSPS) is 10.9. The van der Waals surface area contributed by atoms with Crippen LogP contribution in [0.5, 0.6) is 11.5 Å². The first-order chi connectivity index (χ1) is 23.7. The van der Waals surface area contributed by atoms with E-state index in [2.05, 4.69) is 0 Å². The molecule has 0 amide bonds. The number of ether oxygens (including phenoxy) is 4. The number of anilines is 2. The molecule has 10 nitrogen and oxygen atoms in total. The molecular weight excluding hydrogens is 624 g/mol. The van der Waals surface area contributed by atoms with Crippen LogP contribution in [0.3, 0.4) is 0 Å². The first kappa shape index (κ1) is 38.3. The number of carbonyl (C=O) groups is 4. The molecule has 0 heterocycles. The molecule has 0 bridgehead atoms. The van der Waals surface area contributed by atoms with Gasteiger partial charge in [0.15, 0.2) is 0 Å². The Labute approximate surface area is 288 Å². The van der Waals surface area contributed by atoms with Crippen LogP contribution in [0.15, 0.2) is 72.8 Å². The van der Waals surface area contributed by atoms with Crippen molar-refractivity contribution in [1.82, 2.24) is 0 Å². The maximum Gasteiger partial charge on any atom is 0.338 e. The highest BCUT2D eigenvalue weighted by molar-refractivity contribution is 5.92. The number of nitrogens with two attached hydrogens (primary N) is 2. The van der Waals surface area contributed by atoms with Crippen molar-refractivity contribution >= 4 is 41.3 Å². The van der Waals surface area contributed by atoms with Crippen molar-refractivity contribution in [1.29, 1.82) is 0 Å². The summed E-state index contributed by atoms with van der Waals surface area (Å²) in [5.41, 5.74) is 13.9. The van der Waals surface area contributed by atoms with Crippen LogP contribution in [0.2, 0.25) is 0 Å². The van der Waals surface area contributed by atoms with Gasteiger partial charge in [0.1, 0.15) is 11.5 Å². The average molecular weight is 673 g/mol. The molecule has 0 aliphatic heterocycles. The van der Waals surface area contributed by atoms with Crippen molar-refractivity contribution in [2.24, 2.45) is 0 Å². The van der Waals surface area contributed by atoms with Gasteiger partial charge in [0.05, 0.1) is 24.3 Å². The minimum atomic E-state index is -0.561. The zero-order valence-corrected chi connectivity index (χ0v) is 28.3. The fourth-order valence-corrected chi connectivity index (χ4v) is 4.86. The lowest BCUT2D eigenvalue weighted by atomic mass is 10.1. The van der Waals surface area contributed by atoms with Crippen LogP contribution in [0.1, 0.15) is 110 Å². The number of nitrogen functional groups attached to an aromatic ring is 2. The summed E-state index contributed by atoms with van der Waals surface area (Å²) in [7, 11) is 0. The summed E-state index contributed by atoms with van der Waals surface area (Å²) in [6, 6.07) is 17.8. The Kier molecular flexibility index (Phi) is 17.0. The van der Waals surface area contributed by atoms with Gasteiger partial charge in [-0.1, -0.05) is 70.4 Å². The Morgan fingerprint density at radius 2 is 1.08 bits per heavy atom. The number of hydrogen-bond donors (Lipinski definition) is 2. The third-order valence-electron chi connectivity index (χ3n) is 7.53. The van der Waals surface area contributed by atoms with Gasteiger partial charge in [0, 0.05) is 23.9 Å². The van der Waals surface area contributed by atoms with Gasteiger partial charge in [-0.05, 0) is 85.5 Å². The smallest absolute Gasteiger partial charge is 0.338 e. The van der Waals surface area contributed by atoms with Crippen molar-refractivity contribution in [3.63, 3.8) is 0 Å². The van der Waals surface area contributed by atoms with Crippen LogP contribution >= 0.6 is 0 Å². The van der Waals surface area contributed by atoms with Crippen LogP contribution in [0.25, 0.3) is 6.08 Å². The molecule has 262 valence electrons. The van der Waals surface area contributed by atoms with Crippen LogP contribution in [0, 0.1) is 0 Å². The largest absolute Gasteiger partial charge is 0.462 e. The average Bonchev–Trinajstić information content (AvgIpc) is 3.09. The van der Waals surface area contributed by atoms with Gasteiger partial charge in [-0.3, -0.25) is 4.79 Å². The lowest BCUT2D eigenvalue weighted by Crippen LogP contribution is -2.07. The Hall–Kier alpha value is -5.12. The summed E-state index contributed by atoms with van der Waals surface area (Å²) in [5.74, 6) is -0.914. The van der Waals surface area contributed by atoms with E-state index in [4.69, 9.17) is 30.4 Å². The lowest BCUT2D eigenvalue weighted by molar-refractivity contribution is -0.134. The van der Waals surface area contributed by atoms with E-state index in [-0.39, 0.29) is 11.9 Å². The van der Waals surface area contributed by atoms with Gasteiger partial charge in [0.2, 0.25) is 0 Å². The highest BCUT2D eigenvalue weighted by Crippen LogP contribution is 2.19. The summed E-state index contributed by atoms with van der Waals surface area (Å²) in [6.07, 6.45) is 14.2. The summed E-state index contributed by atoms with van der Waals surface area (Å²) >= 11 is 0. The zero-order chi connectivity index (χ0) is 35.3. The molecular formula is C39H48N2O8. The Bertz CT molecular complexity index is 1500. The van der Waals surface area contributed by atoms with Gasteiger partial charge in [-0.25, -0.2) is 14.4 Å². The predicted octanol–water partition coefficient (Wildman–Crippen LogP) is 8.09. The minimum Gasteiger partial charge on any atom is -0.462 e. The number of benzene rings is 3. The quantitative estimate of drug-likeness (QED) is 0.0372. The van der Waals surface area contributed by atoms with Crippen molar-refractivity contribution in [3.8, 4) is 11.5 Å². The Balaban J connectivity index is 1.19. The zero-order valence-electron chi connectivity index (χ0n) is 28.3. The monoisotopic (exact) mass is 672 g/mol. The first-order valence-corrected chi connectivity index (χ1v) is 17.0. The molecule has 0 aliphatic rings. The van der Waals surface area contributed by atoms with Gasteiger partial charge in [-0.2, -0.15) is 0 Å². The number of esters is 4. The standard InChI is InChI=1S/C39H48N2O8/c1-2-3-13-36(42)48-34-19-21-35(22-20-34)49-37(43)23-16-29-14-17-30(18-15-29)38(44)46-24-11-9-7-5-4-6-8-10-12-25-47-39(45)31-26-32(40)28-33(41)27-31/h14-23,26-28H,2-13,24-25,40-41H2,1H3. The summed E-state index contributed by atoms with van der Waals surface area (Å²) < 4.78 is 21.3. The second-order valence-electron chi connectivity index (χ2n) is 11.8. The molecule has 0 unspecified atom stereocenters. The Morgan fingerprint density at radius 3 is 1.61 bits per heavy atom.